The molecule has 0 fully saturated rings. The minimum Gasteiger partial charge on any atom is -0.481 e. The minimum absolute atomic E-state index is 0.119. The number of carbonyl (C=O) groups is 1. The summed E-state index contributed by atoms with van der Waals surface area (Å²) >= 11 is 0. The lowest BCUT2D eigenvalue weighted by molar-refractivity contribution is 0.0952. The van der Waals surface area contributed by atoms with E-state index in [2.05, 4.69) is 15.3 Å². The molecular formula is C16H15N3O2. The Bertz CT molecular complexity index is 780. The van der Waals surface area contributed by atoms with Gasteiger partial charge >= 0.3 is 0 Å². The normalized spacial score (nSPS) is 10.5. The van der Waals surface area contributed by atoms with E-state index < -0.39 is 0 Å². The lowest BCUT2D eigenvalue weighted by Crippen LogP contribution is -2.23. The lowest BCUT2D eigenvalue weighted by Gasteiger charge is -2.09. The third-order valence-corrected chi connectivity index (χ3v) is 3.32. The smallest absolute Gasteiger partial charge is 0.252 e. The van der Waals surface area contributed by atoms with Crippen LogP contribution >= 0.6 is 0 Å². The fraction of sp³-hybridized carbons (Fsp3) is 0.125. The summed E-state index contributed by atoms with van der Waals surface area (Å²) in [5.74, 6) is 0.406. The summed E-state index contributed by atoms with van der Waals surface area (Å²) in [5.41, 5.74) is 2.44. The van der Waals surface area contributed by atoms with Crippen molar-refractivity contribution in [2.24, 2.45) is 0 Å². The van der Waals surface area contributed by atoms with Crippen molar-refractivity contribution in [3.8, 4) is 5.88 Å². The number of nitrogens with one attached hydrogen (secondary N) is 2. The van der Waals surface area contributed by atoms with Crippen LogP contribution in [0.4, 0.5) is 0 Å². The second-order valence-corrected chi connectivity index (χ2v) is 4.60. The number of aromatic nitrogens is 2. The monoisotopic (exact) mass is 281 g/mol. The highest BCUT2D eigenvalue weighted by Crippen LogP contribution is 2.18. The Balaban J connectivity index is 1.79. The first kappa shape index (κ1) is 13.2. The number of ether oxygens (including phenoxy) is 1. The van der Waals surface area contributed by atoms with Gasteiger partial charge in [0.1, 0.15) is 0 Å². The van der Waals surface area contributed by atoms with Crippen LogP contribution in [0.3, 0.4) is 0 Å². The number of methoxy groups -OCH3 is 1. The molecule has 106 valence electrons. The number of hydrogen-bond acceptors (Lipinski definition) is 3. The molecule has 1 aromatic carbocycles. The number of pyridine rings is 1. The number of amides is 1. The zero-order valence-electron chi connectivity index (χ0n) is 11.6. The molecular weight excluding hydrogens is 266 g/mol. The maximum absolute atomic E-state index is 12.3. The number of hydrogen-bond donors (Lipinski definition) is 2. The first-order valence-corrected chi connectivity index (χ1v) is 6.62. The largest absolute Gasteiger partial charge is 0.481 e. The summed E-state index contributed by atoms with van der Waals surface area (Å²) in [5, 5.41) is 3.81. The van der Waals surface area contributed by atoms with Gasteiger partial charge in [0.15, 0.2) is 0 Å². The standard InChI is InChI=1S/C16H15N3O2/c1-21-16-11(4-3-8-18-16)10-19-15(20)13-5-2-6-14-12(13)7-9-17-14/h2-9,17H,10H2,1H3,(H,19,20). The van der Waals surface area contributed by atoms with Crippen molar-refractivity contribution in [2.75, 3.05) is 7.11 Å². The molecule has 0 radical (unpaired) electrons. The molecule has 0 bridgehead atoms. The van der Waals surface area contributed by atoms with E-state index in [1.165, 1.54) is 0 Å². The molecule has 0 aliphatic rings. The molecule has 3 aromatic rings. The van der Waals surface area contributed by atoms with Crippen LogP contribution in [-0.2, 0) is 6.54 Å². The Morgan fingerprint density at radius 3 is 3.05 bits per heavy atom. The van der Waals surface area contributed by atoms with Crippen molar-refractivity contribution in [2.45, 2.75) is 6.54 Å². The van der Waals surface area contributed by atoms with E-state index in [-0.39, 0.29) is 5.91 Å². The predicted molar refractivity (Wildman–Crippen MR) is 80.3 cm³/mol. The van der Waals surface area contributed by atoms with Crippen LogP contribution in [0.5, 0.6) is 5.88 Å². The van der Waals surface area contributed by atoms with Crippen molar-refractivity contribution in [3.63, 3.8) is 0 Å². The first-order chi connectivity index (χ1) is 10.3. The highest BCUT2D eigenvalue weighted by Gasteiger charge is 2.11. The fourth-order valence-electron chi connectivity index (χ4n) is 2.30. The maximum atomic E-state index is 12.3. The predicted octanol–water partition coefficient (Wildman–Crippen LogP) is 2.50. The van der Waals surface area contributed by atoms with E-state index in [9.17, 15) is 4.79 Å². The van der Waals surface area contributed by atoms with Crippen molar-refractivity contribution >= 4 is 16.8 Å². The second kappa shape index (κ2) is 5.66. The Morgan fingerprint density at radius 2 is 2.19 bits per heavy atom. The molecule has 5 nitrogen and oxygen atoms in total. The number of fused-ring (bicyclic) bond motifs is 1. The van der Waals surface area contributed by atoms with Gasteiger partial charge in [0, 0.05) is 41.0 Å². The van der Waals surface area contributed by atoms with Crippen LogP contribution in [0.1, 0.15) is 15.9 Å². The van der Waals surface area contributed by atoms with Crippen LogP contribution in [0.25, 0.3) is 10.9 Å². The Kier molecular flexibility index (Phi) is 3.55. The van der Waals surface area contributed by atoms with Gasteiger partial charge < -0.3 is 15.0 Å². The van der Waals surface area contributed by atoms with Crippen molar-refractivity contribution < 1.29 is 9.53 Å². The number of benzene rings is 1. The average Bonchev–Trinajstić information content (AvgIpc) is 3.01. The second-order valence-electron chi connectivity index (χ2n) is 4.60. The van der Waals surface area contributed by atoms with Gasteiger partial charge in [0.25, 0.3) is 5.91 Å². The zero-order valence-corrected chi connectivity index (χ0v) is 11.6. The number of aromatic amines is 1. The molecule has 0 atom stereocenters. The summed E-state index contributed by atoms with van der Waals surface area (Å²) in [6, 6.07) is 11.2. The number of rotatable bonds is 4. The highest BCUT2D eigenvalue weighted by molar-refractivity contribution is 6.06. The fourth-order valence-corrected chi connectivity index (χ4v) is 2.30. The summed E-state index contributed by atoms with van der Waals surface area (Å²) < 4.78 is 5.17. The van der Waals surface area contributed by atoms with E-state index in [0.717, 1.165) is 16.5 Å². The van der Waals surface area contributed by atoms with Gasteiger partial charge in [-0.3, -0.25) is 4.79 Å². The number of nitrogens with zero attached hydrogens (tertiary/aromatic N) is 1. The molecule has 2 N–H and O–H groups in total. The molecule has 2 heterocycles. The Morgan fingerprint density at radius 1 is 1.29 bits per heavy atom. The molecule has 3 rings (SSSR count). The first-order valence-electron chi connectivity index (χ1n) is 6.62. The molecule has 1 amide bonds. The van der Waals surface area contributed by atoms with Gasteiger partial charge in [-0.15, -0.1) is 0 Å². The molecule has 0 aliphatic carbocycles. The molecule has 2 aromatic heterocycles. The summed E-state index contributed by atoms with van der Waals surface area (Å²) in [6.07, 6.45) is 3.48. The van der Waals surface area contributed by atoms with Crippen LogP contribution in [0, 0.1) is 0 Å². The van der Waals surface area contributed by atoms with E-state index in [1.54, 1.807) is 13.3 Å². The SMILES string of the molecule is COc1ncccc1CNC(=O)c1cccc2[nH]ccc12. The molecule has 0 spiro atoms. The van der Waals surface area contributed by atoms with Crippen LogP contribution < -0.4 is 10.1 Å². The summed E-state index contributed by atoms with van der Waals surface area (Å²) in [4.78, 5) is 19.6. The van der Waals surface area contributed by atoms with Crippen molar-refractivity contribution in [3.05, 3.63) is 59.9 Å². The molecule has 21 heavy (non-hydrogen) atoms. The van der Waals surface area contributed by atoms with Crippen LogP contribution in [-0.4, -0.2) is 23.0 Å². The van der Waals surface area contributed by atoms with Gasteiger partial charge in [-0.25, -0.2) is 4.98 Å². The third kappa shape index (κ3) is 2.58. The zero-order chi connectivity index (χ0) is 14.7. The molecule has 0 unspecified atom stereocenters. The van der Waals surface area contributed by atoms with E-state index in [1.807, 2.05) is 42.6 Å². The van der Waals surface area contributed by atoms with Crippen LogP contribution in [0.2, 0.25) is 0 Å². The topological polar surface area (TPSA) is 67.0 Å². The molecule has 0 aliphatic heterocycles. The Labute approximate surface area is 122 Å². The quantitative estimate of drug-likeness (QED) is 0.772. The number of H-pyrrole nitrogens is 1. The summed E-state index contributed by atoms with van der Waals surface area (Å²) in [6.45, 7) is 0.372. The molecule has 0 saturated heterocycles. The van der Waals surface area contributed by atoms with Gasteiger partial charge in [-0.1, -0.05) is 12.1 Å². The van der Waals surface area contributed by atoms with Gasteiger partial charge in [0.2, 0.25) is 5.88 Å². The molecule has 5 heteroatoms. The van der Waals surface area contributed by atoms with E-state index in [4.69, 9.17) is 4.74 Å². The lowest BCUT2D eigenvalue weighted by atomic mass is 10.1. The van der Waals surface area contributed by atoms with Crippen molar-refractivity contribution in [1.82, 2.24) is 15.3 Å². The van der Waals surface area contributed by atoms with Crippen molar-refractivity contribution in [1.29, 1.82) is 0 Å². The maximum Gasteiger partial charge on any atom is 0.252 e. The van der Waals surface area contributed by atoms with E-state index in [0.29, 0.717) is 18.0 Å². The van der Waals surface area contributed by atoms with Gasteiger partial charge in [-0.05, 0) is 24.3 Å². The Hall–Kier alpha value is -2.82. The number of carbonyl (C=O) groups excluding carboxylic acids is 1. The van der Waals surface area contributed by atoms with E-state index >= 15 is 0 Å². The average molecular weight is 281 g/mol. The molecule has 0 saturated carbocycles. The minimum atomic E-state index is -0.119. The van der Waals surface area contributed by atoms with Crippen LogP contribution in [0.15, 0.2) is 48.8 Å². The van der Waals surface area contributed by atoms with Gasteiger partial charge in [-0.2, -0.15) is 0 Å². The third-order valence-electron chi connectivity index (χ3n) is 3.32. The summed E-state index contributed by atoms with van der Waals surface area (Å²) in [7, 11) is 1.56. The highest BCUT2D eigenvalue weighted by atomic mass is 16.5. The van der Waals surface area contributed by atoms with Gasteiger partial charge in [0.05, 0.1) is 7.11 Å².